The fourth-order valence-electron chi connectivity index (χ4n) is 5.50. The van der Waals surface area contributed by atoms with Gasteiger partial charge in [0.15, 0.2) is 0 Å². The molecule has 5 aromatic carbocycles. The predicted octanol–water partition coefficient (Wildman–Crippen LogP) is 8.94. The van der Waals surface area contributed by atoms with Crippen LogP contribution in [0.3, 0.4) is 0 Å². The number of halogens is 1. The third kappa shape index (κ3) is 3.25. The van der Waals surface area contributed by atoms with Crippen LogP contribution in [0.25, 0.3) is 22.3 Å². The summed E-state index contributed by atoms with van der Waals surface area (Å²) in [5.74, 6) is 0. The van der Waals surface area contributed by atoms with Gasteiger partial charge in [0.1, 0.15) is 0 Å². The summed E-state index contributed by atoms with van der Waals surface area (Å²) in [6, 6.07) is 43.1. The third-order valence-electron chi connectivity index (χ3n) is 7.19. The molecule has 0 heterocycles. The molecule has 6 rings (SSSR count). The summed E-state index contributed by atoms with van der Waals surface area (Å²) in [6.45, 7) is 4.32. The lowest BCUT2D eigenvalue weighted by atomic mass is 9.67. The lowest BCUT2D eigenvalue weighted by molar-refractivity contribution is 0.768. The van der Waals surface area contributed by atoms with E-state index in [0.717, 1.165) is 0 Å². The molecule has 0 fully saturated rings. The van der Waals surface area contributed by atoms with E-state index in [-0.39, 0.29) is 5.41 Å². The first kappa shape index (κ1) is 21.4. The zero-order chi connectivity index (χ0) is 23.3. The Hall–Kier alpha value is -3.17. The van der Waals surface area contributed by atoms with Gasteiger partial charge in [-0.2, -0.15) is 0 Å². The van der Waals surface area contributed by atoms with Crippen molar-refractivity contribution in [2.75, 3.05) is 0 Å². The summed E-state index contributed by atoms with van der Waals surface area (Å²) in [4.78, 5) is 0. The van der Waals surface area contributed by atoms with Crippen LogP contribution in [0.5, 0.6) is 0 Å². The summed E-state index contributed by atoms with van der Waals surface area (Å²) in [6.07, 6.45) is 0. The Morgan fingerprint density at radius 3 is 1.65 bits per heavy atom. The van der Waals surface area contributed by atoms with Gasteiger partial charge < -0.3 is 0 Å². The van der Waals surface area contributed by atoms with Gasteiger partial charge in [0.2, 0.25) is 0 Å². The molecule has 0 aromatic heterocycles. The van der Waals surface area contributed by atoms with Crippen LogP contribution in [0.15, 0.2) is 115 Å². The number of aryl methyl sites for hydroxylation is 2. The van der Waals surface area contributed by atoms with Crippen LogP contribution in [0.2, 0.25) is 0 Å². The summed E-state index contributed by atoms with van der Waals surface area (Å²) >= 11 is 2.37. The Morgan fingerprint density at radius 2 is 1.03 bits per heavy atom. The Bertz CT molecular complexity index is 1450. The first-order valence-corrected chi connectivity index (χ1v) is 12.8. The van der Waals surface area contributed by atoms with E-state index in [2.05, 4.69) is 152 Å². The molecule has 0 amide bonds. The van der Waals surface area contributed by atoms with Gasteiger partial charge in [-0.3, -0.25) is 0 Å². The molecule has 0 aliphatic heterocycles. The maximum atomic E-state index is 2.43. The van der Waals surface area contributed by atoms with Crippen molar-refractivity contribution in [1.29, 1.82) is 0 Å². The monoisotopic (exact) mass is 548 g/mol. The molecule has 0 unspecified atom stereocenters. The van der Waals surface area contributed by atoms with E-state index in [1.54, 1.807) is 0 Å². The van der Waals surface area contributed by atoms with Crippen LogP contribution in [0, 0.1) is 17.4 Å². The topological polar surface area (TPSA) is 0 Å². The number of fused-ring (bicyclic) bond motifs is 3. The molecule has 0 nitrogen and oxygen atoms in total. The second-order valence-corrected chi connectivity index (χ2v) is 10.5. The summed E-state index contributed by atoms with van der Waals surface area (Å²) in [5.41, 5.74) is 12.7. The lowest BCUT2D eigenvalue weighted by Crippen LogP contribution is -2.28. The molecular weight excluding hydrogens is 523 g/mol. The van der Waals surface area contributed by atoms with Crippen molar-refractivity contribution in [3.8, 4) is 22.3 Å². The van der Waals surface area contributed by atoms with Gasteiger partial charge >= 0.3 is 0 Å². The van der Waals surface area contributed by atoms with E-state index in [1.165, 1.54) is 59.2 Å². The van der Waals surface area contributed by atoms with Crippen molar-refractivity contribution >= 4 is 22.6 Å². The Morgan fingerprint density at radius 1 is 0.500 bits per heavy atom. The Labute approximate surface area is 215 Å². The van der Waals surface area contributed by atoms with Crippen LogP contribution in [0.1, 0.15) is 33.4 Å². The van der Waals surface area contributed by atoms with Gasteiger partial charge in [0, 0.05) is 3.57 Å². The Balaban J connectivity index is 1.71. The number of benzene rings is 5. The maximum Gasteiger partial charge on any atom is 0.0713 e. The van der Waals surface area contributed by atoms with Gasteiger partial charge in [-0.1, -0.05) is 108 Å². The molecule has 0 N–H and O–H groups in total. The molecule has 0 saturated heterocycles. The van der Waals surface area contributed by atoms with Crippen molar-refractivity contribution in [2.24, 2.45) is 0 Å². The lowest BCUT2D eigenvalue weighted by Gasteiger charge is -2.34. The highest BCUT2D eigenvalue weighted by Crippen LogP contribution is 2.56. The van der Waals surface area contributed by atoms with Crippen LogP contribution in [0.4, 0.5) is 0 Å². The van der Waals surface area contributed by atoms with Crippen molar-refractivity contribution in [3.63, 3.8) is 0 Å². The largest absolute Gasteiger partial charge is 0.0713 e. The number of hydrogen-bond acceptors (Lipinski definition) is 0. The second kappa shape index (κ2) is 8.25. The molecule has 164 valence electrons. The van der Waals surface area contributed by atoms with Crippen LogP contribution in [-0.4, -0.2) is 0 Å². The molecule has 0 atom stereocenters. The van der Waals surface area contributed by atoms with Crippen molar-refractivity contribution in [3.05, 3.63) is 152 Å². The molecule has 5 aromatic rings. The minimum atomic E-state index is -0.355. The highest BCUT2D eigenvalue weighted by atomic mass is 127. The van der Waals surface area contributed by atoms with Crippen molar-refractivity contribution in [1.82, 2.24) is 0 Å². The average molecular weight is 548 g/mol. The molecule has 1 aliphatic carbocycles. The fraction of sp³-hybridized carbons (Fsp3) is 0.0909. The van der Waals surface area contributed by atoms with E-state index < -0.39 is 0 Å². The van der Waals surface area contributed by atoms with Crippen LogP contribution in [-0.2, 0) is 5.41 Å². The van der Waals surface area contributed by atoms with Gasteiger partial charge in [-0.25, -0.2) is 0 Å². The van der Waals surface area contributed by atoms with Crippen molar-refractivity contribution in [2.45, 2.75) is 19.3 Å². The summed E-state index contributed by atoms with van der Waals surface area (Å²) < 4.78 is 1.25. The minimum Gasteiger partial charge on any atom is -0.0619 e. The highest BCUT2D eigenvalue weighted by molar-refractivity contribution is 14.1. The van der Waals surface area contributed by atoms with Crippen LogP contribution >= 0.6 is 22.6 Å². The standard InChI is InChI=1S/C33H25I/c1-22-7-14-26(15-8-22)33(27-16-9-23(2)10-17-27)31-6-4-3-5-29(31)30-20-13-25(21-32(30)33)24-11-18-28(34)19-12-24/h3-21H,1-2H3. The SMILES string of the molecule is Cc1ccc(C2(c3ccc(C)cc3)c3ccccc3-c3ccc(-c4ccc(I)cc4)cc32)cc1. The number of rotatable bonds is 3. The van der Waals surface area contributed by atoms with E-state index in [0.29, 0.717) is 0 Å². The second-order valence-electron chi connectivity index (χ2n) is 9.29. The summed E-state index contributed by atoms with van der Waals surface area (Å²) in [5, 5.41) is 0. The van der Waals surface area contributed by atoms with E-state index >= 15 is 0 Å². The molecule has 0 bridgehead atoms. The summed E-state index contributed by atoms with van der Waals surface area (Å²) in [7, 11) is 0. The molecule has 0 saturated carbocycles. The number of hydrogen-bond donors (Lipinski definition) is 0. The Kier molecular flexibility index (Phi) is 5.18. The van der Waals surface area contributed by atoms with Crippen LogP contribution < -0.4 is 0 Å². The van der Waals surface area contributed by atoms with E-state index in [4.69, 9.17) is 0 Å². The van der Waals surface area contributed by atoms with Crippen molar-refractivity contribution < 1.29 is 0 Å². The molecule has 0 radical (unpaired) electrons. The zero-order valence-corrected chi connectivity index (χ0v) is 21.5. The maximum absolute atomic E-state index is 2.43. The minimum absolute atomic E-state index is 0.355. The normalized spacial score (nSPS) is 13.4. The predicted molar refractivity (Wildman–Crippen MR) is 151 cm³/mol. The first-order valence-electron chi connectivity index (χ1n) is 11.7. The zero-order valence-electron chi connectivity index (χ0n) is 19.3. The first-order chi connectivity index (χ1) is 16.6. The molecular formula is C33H25I. The highest BCUT2D eigenvalue weighted by Gasteiger charge is 2.46. The smallest absolute Gasteiger partial charge is 0.0619 e. The average Bonchev–Trinajstić information content (AvgIpc) is 3.16. The van der Waals surface area contributed by atoms with Gasteiger partial charge in [-0.15, -0.1) is 0 Å². The molecule has 34 heavy (non-hydrogen) atoms. The third-order valence-corrected chi connectivity index (χ3v) is 7.91. The van der Waals surface area contributed by atoms with E-state index in [1.807, 2.05) is 0 Å². The van der Waals surface area contributed by atoms with Gasteiger partial charge in [-0.05, 0) is 99.1 Å². The van der Waals surface area contributed by atoms with Gasteiger partial charge in [0.25, 0.3) is 0 Å². The molecule has 1 heteroatoms. The fourth-order valence-corrected chi connectivity index (χ4v) is 5.86. The quantitative estimate of drug-likeness (QED) is 0.194. The van der Waals surface area contributed by atoms with E-state index in [9.17, 15) is 0 Å². The van der Waals surface area contributed by atoms with Gasteiger partial charge in [0.05, 0.1) is 5.41 Å². The molecule has 1 aliphatic rings. The molecule has 0 spiro atoms.